The largest absolute Gasteiger partial charge is 0.398 e. The Labute approximate surface area is 171 Å². The zero-order valence-electron chi connectivity index (χ0n) is 16.0. The standard InChI is InChI=1S/C20H21BrFN3O3/c1-12-7-5-9-15(19(25-27-4)20(26)23-3)16(12)11-28-24-13(2)14-8-6-10-17(21)18(14)22/h5-10H,11H2,1-4H3,(H,23,26)/b24-13+,25-19+. The summed E-state index contributed by atoms with van der Waals surface area (Å²) >= 11 is 3.16. The van der Waals surface area contributed by atoms with E-state index < -0.39 is 5.82 Å². The van der Waals surface area contributed by atoms with E-state index in [-0.39, 0.29) is 18.2 Å². The number of amides is 1. The quantitative estimate of drug-likeness (QED) is 0.513. The predicted molar refractivity (Wildman–Crippen MR) is 110 cm³/mol. The lowest BCUT2D eigenvalue weighted by atomic mass is 9.98. The molecule has 6 nitrogen and oxygen atoms in total. The molecule has 0 aliphatic carbocycles. The molecule has 8 heteroatoms. The van der Waals surface area contributed by atoms with Gasteiger partial charge in [0.15, 0.2) is 5.71 Å². The molecule has 0 saturated heterocycles. The molecule has 1 amide bonds. The molecule has 28 heavy (non-hydrogen) atoms. The van der Waals surface area contributed by atoms with E-state index in [1.165, 1.54) is 14.2 Å². The van der Waals surface area contributed by atoms with Crippen molar-refractivity contribution >= 4 is 33.3 Å². The maximum atomic E-state index is 14.2. The van der Waals surface area contributed by atoms with Crippen LogP contribution in [0.25, 0.3) is 0 Å². The van der Waals surface area contributed by atoms with Crippen LogP contribution in [0.2, 0.25) is 0 Å². The number of aryl methyl sites for hydroxylation is 1. The highest BCUT2D eigenvalue weighted by atomic mass is 79.9. The summed E-state index contributed by atoms with van der Waals surface area (Å²) in [4.78, 5) is 22.5. The Kier molecular flexibility index (Phi) is 7.69. The van der Waals surface area contributed by atoms with Crippen LogP contribution in [0.4, 0.5) is 4.39 Å². The molecule has 0 aromatic heterocycles. The maximum Gasteiger partial charge on any atom is 0.273 e. The molecule has 0 spiro atoms. The third-order valence-electron chi connectivity index (χ3n) is 4.04. The minimum absolute atomic E-state index is 0.0781. The van der Waals surface area contributed by atoms with Crippen molar-refractivity contribution in [2.45, 2.75) is 20.5 Å². The number of nitrogens with one attached hydrogen (secondary N) is 1. The molecule has 0 fully saturated rings. The molecule has 0 atom stereocenters. The molecular formula is C20H21BrFN3O3. The zero-order valence-corrected chi connectivity index (χ0v) is 17.6. The molecule has 0 aliphatic rings. The summed E-state index contributed by atoms with van der Waals surface area (Å²) in [5, 5.41) is 10.4. The Morgan fingerprint density at radius 3 is 2.54 bits per heavy atom. The summed E-state index contributed by atoms with van der Waals surface area (Å²) in [6, 6.07) is 10.4. The smallest absolute Gasteiger partial charge is 0.273 e. The molecule has 0 saturated carbocycles. The first-order valence-corrected chi connectivity index (χ1v) is 9.23. The van der Waals surface area contributed by atoms with Gasteiger partial charge in [-0.3, -0.25) is 4.79 Å². The number of nitrogens with zero attached hydrogens (tertiary/aromatic N) is 2. The summed E-state index contributed by atoms with van der Waals surface area (Å²) < 4.78 is 14.5. The summed E-state index contributed by atoms with van der Waals surface area (Å²) in [6.45, 7) is 3.63. The minimum atomic E-state index is -0.405. The maximum absolute atomic E-state index is 14.2. The third kappa shape index (κ3) is 4.95. The number of rotatable bonds is 7. The second-order valence-corrected chi connectivity index (χ2v) is 6.71. The normalized spacial score (nSPS) is 11.9. The molecule has 0 aliphatic heterocycles. The monoisotopic (exact) mass is 449 g/mol. The minimum Gasteiger partial charge on any atom is -0.398 e. The average molecular weight is 450 g/mol. The Balaban J connectivity index is 2.31. The summed E-state index contributed by atoms with van der Waals surface area (Å²) in [5.74, 6) is -0.789. The molecule has 2 aromatic rings. The van der Waals surface area contributed by atoms with Crippen LogP contribution in [0.15, 0.2) is 51.2 Å². The van der Waals surface area contributed by atoms with Gasteiger partial charge in [-0.1, -0.05) is 40.6 Å². The number of oxime groups is 2. The highest BCUT2D eigenvalue weighted by molar-refractivity contribution is 9.10. The first kappa shape index (κ1) is 21.6. The van der Waals surface area contributed by atoms with Crippen molar-refractivity contribution in [1.82, 2.24) is 5.32 Å². The second-order valence-electron chi connectivity index (χ2n) is 5.85. The summed E-state index contributed by atoms with van der Waals surface area (Å²) in [5.41, 5.74) is 3.06. The average Bonchev–Trinajstić information content (AvgIpc) is 2.68. The van der Waals surface area contributed by atoms with Crippen molar-refractivity contribution in [2.24, 2.45) is 10.3 Å². The van der Waals surface area contributed by atoms with Gasteiger partial charge < -0.3 is 15.0 Å². The molecule has 0 radical (unpaired) electrons. The van der Waals surface area contributed by atoms with Crippen LogP contribution in [-0.2, 0) is 21.1 Å². The van der Waals surface area contributed by atoms with Gasteiger partial charge in [0, 0.05) is 23.7 Å². The van der Waals surface area contributed by atoms with E-state index in [9.17, 15) is 9.18 Å². The lowest BCUT2D eigenvalue weighted by Crippen LogP contribution is -2.29. The van der Waals surface area contributed by atoms with Gasteiger partial charge in [0.25, 0.3) is 5.91 Å². The van der Waals surface area contributed by atoms with Crippen LogP contribution in [0.3, 0.4) is 0 Å². The van der Waals surface area contributed by atoms with Crippen LogP contribution in [0.1, 0.15) is 29.2 Å². The van der Waals surface area contributed by atoms with E-state index in [1.807, 2.05) is 19.1 Å². The molecule has 0 bridgehead atoms. The lowest BCUT2D eigenvalue weighted by Gasteiger charge is -2.13. The first-order valence-electron chi connectivity index (χ1n) is 8.43. The Hall–Kier alpha value is -2.74. The fraction of sp³-hybridized carbons (Fsp3) is 0.250. The Morgan fingerprint density at radius 1 is 1.18 bits per heavy atom. The van der Waals surface area contributed by atoms with E-state index in [4.69, 9.17) is 9.68 Å². The molecule has 2 aromatic carbocycles. The number of benzene rings is 2. The van der Waals surface area contributed by atoms with Gasteiger partial charge in [0.05, 0.1) is 10.2 Å². The Morgan fingerprint density at radius 2 is 1.86 bits per heavy atom. The highest BCUT2D eigenvalue weighted by Gasteiger charge is 2.19. The van der Waals surface area contributed by atoms with Crippen molar-refractivity contribution in [1.29, 1.82) is 0 Å². The first-order chi connectivity index (χ1) is 13.4. The van der Waals surface area contributed by atoms with Crippen molar-refractivity contribution in [2.75, 3.05) is 14.2 Å². The molecule has 0 heterocycles. The van der Waals surface area contributed by atoms with Gasteiger partial charge in [-0.25, -0.2) is 4.39 Å². The molecule has 2 rings (SSSR count). The van der Waals surface area contributed by atoms with Gasteiger partial charge in [0.1, 0.15) is 19.5 Å². The number of hydrogen-bond acceptors (Lipinski definition) is 5. The second kappa shape index (κ2) is 9.98. The van der Waals surface area contributed by atoms with Gasteiger partial charge in [-0.2, -0.15) is 0 Å². The van der Waals surface area contributed by atoms with Gasteiger partial charge >= 0.3 is 0 Å². The number of halogens is 2. The number of likely N-dealkylation sites (N-methyl/N-ethyl adjacent to an activating group) is 1. The molecule has 1 N–H and O–H groups in total. The fourth-order valence-corrected chi connectivity index (χ4v) is 2.93. The SMILES string of the molecule is CNC(=O)/C(=N/OC)c1cccc(C)c1CO/N=C(\C)c1cccc(Br)c1F. The third-order valence-corrected chi connectivity index (χ3v) is 4.65. The summed E-state index contributed by atoms with van der Waals surface area (Å²) in [7, 11) is 2.88. The predicted octanol–water partition coefficient (Wildman–Crippen LogP) is 3.93. The van der Waals surface area contributed by atoms with Gasteiger partial charge in [-0.05, 0) is 41.4 Å². The van der Waals surface area contributed by atoms with E-state index in [2.05, 4.69) is 31.6 Å². The van der Waals surface area contributed by atoms with Crippen LogP contribution >= 0.6 is 15.9 Å². The van der Waals surface area contributed by atoms with E-state index in [1.54, 1.807) is 31.2 Å². The van der Waals surface area contributed by atoms with Gasteiger partial charge in [-0.15, -0.1) is 0 Å². The number of carbonyl (C=O) groups is 1. The number of carbonyl (C=O) groups excluding carboxylic acids is 1. The van der Waals surface area contributed by atoms with Crippen molar-refractivity contribution in [3.05, 3.63) is 68.9 Å². The summed E-state index contributed by atoms with van der Waals surface area (Å²) in [6.07, 6.45) is 0. The van der Waals surface area contributed by atoms with Crippen molar-refractivity contribution in [3.8, 4) is 0 Å². The van der Waals surface area contributed by atoms with Crippen molar-refractivity contribution in [3.63, 3.8) is 0 Å². The van der Waals surface area contributed by atoms with Crippen LogP contribution in [0.5, 0.6) is 0 Å². The Bertz CT molecular complexity index is 929. The van der Waals surface area contributed by atoms with Crippen LogP contribution in [0, 0.1) is 12.7 Å². The van der Waals surface area contributed by atoms with Crippen LogP contribution < -0.4 is 5.32 Å². The topological polar surface area (TPSA) is 72.3 Å². The zero-order chi connectivity index (χ0) is 20.7. The van der Waals surface area contributed by atoms with E-state index in [0.29, 0.717) is 21.3 Å². The molecular weight excluding hydrogens is 429 g/mol. The highest BCUT2D eigenvalue weighted by Crippen LogP contribution is 2.20. The van der Waals surface area contributed by atoms with Crippen molar-refractivity contribution < 1.29 is 18.9 Å². The van der Waals surface area contributed by atoms with Crippen LogP contribution in [-0.4, -0.2) is 31.5 Å². The van der Waals surface area contributed by atoms with Gasteiger partial charge in [0.2, 0.25) is 0 Å². The fourth-order valence-electron chi connectivity index (χ4n) is 2.56. The van der Waals surface area contributed by atoms with E-state index >= 15 is 0 Å². The lowest BCUT2D eigenvalue weighted by molar-refractivity contribution is -0.114. The van der Waals surface area contributed by atoms with E-state index in [0.717, 1.165) is 11.1 Å². The number of hydrogen-bond donors (Lipinski definition) is 1. The molecule has 0 unspecified atom stereocenters. The molecule has 148 valence electrons.